The molecule has 3 heterocycles. The number of fused-ring (bicyclic) bond motifs is 1. The third kappa shape index (κ3) is 3.71. The van der Waals surface area contributed by atoms with Gasteiger partial charge in [-0.25, -0.2) is 4.98 Å². The molecule has 8 nitrogen and oxygen atoms in total. The molecule has 1 aliphatic carbocycles. The molecule has 0 aliphatic heterocycles. The summed E-state index contributed by atoms with van der Waals surface area (Å²) in [6.07, 6.45) is 2.40. The van der Waals surface area contributed by atoms with E-state index in [-0.39, 0.29) is 17.4 Å². The summed E-state index contributed by atoms with van der Waals surface area (Å²) in [4.78, 5) is 34.1. The average molecular weight is 448 g/mol. The van der Waals surface area contributed by atoms with E-state index in [1.54, 1.807) is 24.3 Å². The van der Waals surface area contributed by atoms with Crippen LogP contribution in [0, 0.1) is 0 Å². The minimum atomic E-state index is -0.337. The van der Waals surface area contributed by atoms with Gasteiger partial charge in [0.05, 0.1) is 22.7 Å². The molecule has 0 atom stereocenters. The van der Waals surface area contributed by atoms with Gasteiger partial charge in [0.15, 0.2) is 0 Å². The zero-order chi connectivity index (χ0) is 22.1. The molecular weight excluding hydrogens is 426 g/mol. The van der Waals surface area contributed by atoms with E-state index >= 15 is 0 Å². The van der Waals surface area contributed by atoms with Gasteiger partial charge in [0.2, 0.25) is 5.95 Å². The lowest BCUT2D eigenvalue weighted by Crippen LogP contribution is -2.21. The van der Waals surface area contributed by atoms with Crippen molar-refractivity contribution in [3.8, 4) is 22.3 Å². The van der Waals surface area contributed by atoms with Crippen LogP contribution in [0.1, 0.15) is 35.0 Å². The quantitative estimate of drug-likeness (QED) is 0.468. The van der Waals surface area contributed by atoms with Gasteiger partial charge in [0.25, 0.3) is 11.5 Å². The van der Waals surface area contributed by atoms with E-state index < -0.39 is 0 Å². The first-order valence-electron chi connectivity index (χ1n) is 10.4. The minimum absolute atomic E-state index is 0.158. The molecule has 162 valence electrons. The lowest BCUT2D eigenvalue weighted by molar-refractivity contribution is 0.102. The van der Waals surface area contributed by atoms with Gasteiger partial charge in [-0.1, -0.05) is 18.2 Å². The van der Waals surface area contributed by atoms with Crippen molar-refractivity contribution in [3.63, 3.8) is 0 Å². The molecular formula is C23H21N5O3S. The van der Waals surface area contributed by atoms with Crippen LogP contribution in [0.4, 0.5) is 5.82 Å². The summed E-state index contributed by atoms with van der Waals surface area (Å²) in [5.74, 6) is 0.857. The number of aromatic amines is 1. The van der Waals surface area contributed by atoms with Gasteiger partial charge in [-0.05, 0) is 49.8 Å². The second-order valence-corrected chi connectivity index (χ2v) is 8.30. The number of aryl methyl sites for hydroxylation is 1. The number of rotatable bonds is 6. The molecule has 9 heteroatoms. The zero-order valence-corrected chi connectivity index (χ0v) is 18.2. The van der Waals surface area contributed by atoms with E-state index in [0.29, 0.717) is 29.4 Å². The number of thiophene rings is 1. The number of carbonyl (C=O) groups is 1. The van der Waals surface area contributed by atoms with Crippen molar-refractivity contribution in [3.05, 3.63) is 75.0 Å². The topological polar surface area (TPSA) is 102 Å². The van der Waals surface area contributed by atoms with Crippen LogP contribution in [0.25, 0.3) is 16.5 Å². The number of carbonyl (C=O) groups excluding carboxylic acids is 1. The van der Waals surface area contributed by atoms with Gasteiger partial charge in [-0.15, -0.1) is 11.3 Å². The fourth-order valence-corrected chi connectivity index (χ4v) is 4.51. The van der Waals surface area contributed by atoms with Crippen LogP contribution in [-0.4, -0.2) is 32.3 Å². The average Bonchev–Trinajstić information content (AvgIpc) is 3.55. The van der Waals surface area contributed by atoms with Crippen molar-refractivity contribution < 1.29 is 9.53 Å². The fourth-order valence-electron chi connectivity index (χ4n) is 3.82. The number of benzene rings is 1. The van der Waals surface area contributed by atoms with Gasteiger partial charge < -0.3 is 10.1 Å². The molecule has 2 N–H and O–H groups in total. The fraction of sp³-hybridized carbons (Fsp3) is 0.217. The Bertz CT molecular complexity index is 1340. The van der Waals surface area contributed by atoms with Crippen molar-refractivity contribution in [1.82, 2.24) is 19.7 Å². The Morgan fingerprint density at radius 1 is 1.25 bits per heavy atom. The van der Waals surface area contributed by atoms with Gasteiger partial charge in [0.1, 0.15) is 17.3 Å². The highest BCUT2D eigenvalue weighted by molar-refractivity contribution is 7.13. The summed E-state index contributed by atoms with van der Waals surface area (Å²) in [6.45, 7) is 2.32. The molecule has 0 radical (unpaired) electrons. The summed E-state index contributed by atoms with van der Waals surface area (Å²) in [5.41, 5.74) is 2.45. The predicted molar refractivity (Wildman–Crippen MR) is 123 cm³/mol. The number of hydrogen-bond acceptors (Lipinski definition) is 6. The van der Waals surface area contributed by atoms with E-state index in [0.717, 1.165) is 35.4 Å². The number of anilines is 1. The van der Waals surface area contributed by atoms with Gasteiger partial charge >= 0.3 is 0 Å². The second kappa shape index (κ2) is 8.43. The molecule has 1 aromatic carbocycles. The number of nitrogens with one attached hydrogen (secondary N) is 2. The van der Waals surface area contributed by atoms with Crippen LogP contribution in [0.3, 0.4) is 0 Å². The summed E-state index contributed by atoms with van der Waals surface area (Å²) in [5, 5.41) is 9.52. The number of para-hydroxylation sites is 1. The maximum atomic E-state index is 13.1. The van der Waals surface area contributed by atoms with Crippen molar-refractivity contribution in [2.24, 2.45) is 0 Å². The first-order valence-corrected chi connectivity index (χ1v) is 11.3. The number of amides is 1. The molecule has 0 unspecified atom stereocenters. The van der Waals surface area contributed by atoms with E-state index in [2.05, 4.69) is 20.4 Å². The van der Waals surface area contributed by atoms with Crippen molar-refractivity contribution in [1.29, 1.82) is 0 Å². The number of nitrogens with zero attached hydrogens (tertiary/aromatic N) is 3. The van der Waals surface area contributed by atoms with Crippen LogP contribution in [0.5, 0.6) is 5.75 Å². The third-order valence-corrected chi connectivity index (χ3v) is 6.18. The van der Waals surface area contributed by atoms with Crippen LogP contribution < -0.4 is 15.6 Å². The molecule has 0 spiro atoms. The van der Waals surface area contributed by atoms with Crippen molar-refractivity contribution in [2.75, 3.05) is 11.9 Å². The SMILES string of the molecule is CCOc1ccccc1C(=O)Nc1cc(-c2cccs2)nn1-c1nc2c(c(=O)[nH]1)CCC2. The first-order chi connectivity index (χ1) is 15.6. The highest BCUT2D eigenvalue weighted by atomic mass is 32.1. The molecule has 0 bridgehead atoms. The molecule has 0 saturated heterocycles. The van der Waals surface area contributed by atoms with E-state index in [9.17, 15) is 9.59 Å². The summed E-state index contributed by atoms with van der Waals surface area (Å²) in [6, 6.07) is 12.7. The molecule has 5 rings (SSSR count). The molecule has 1 aliphatic rings. The normalized spacial score (nSPS) is 12.5. The van der Waals surface area contributed by atoms with Gasteiger partial charge in [-0.3, -0.25) is 14.6 Å². The smallest absolute Gasteiger partial charge is 0.260 e. The Kier molecular flexibility index (Phi) is 5.32. The molecule has 1 amide bonds. The largest absolute Gasteiger partial charge is 0.493 e. The highest BCUT2D eigenvalue weighted by Crippen LogP contribution is 2.28. The molecule has 32 heavy (non-hydrogen) atoms. The molecule has 0 saturated carbocycles. The van der Waals surface area contributed by atoms with Crippen LogP contribution in [-0.2, 0) is 12.8 Å². The lowest BCUT2D eigenvalue weighted by atomic mass is 10.2. The summed E-state index contributed by atoms with van der Waals surface area (Å²) < 4.78 is 7.08. The third-order valence-electron chi connectivity index (χ3n) is 5.29. The first kappa shape index (κ1) is 20.2. The van der Waals surface area contributed by atoms with E-state index in [4.69, 9.17) is 4.74 Å². The van der Waals surface area contributed by atoms with Gasteiger partial charge in [-0.2, -0.15) is 9.78 Å². The van der Waals surface area contributed by atoms with Crippen molar-refractivity contribution >= 4 is 23.1 Å². The van der Waals surface area contributed by atoms with Gasteiger partial charge in [0, 0.05) is 11.6 Å². The number of hydrogen-bond donors (Lipinski definition) is 2. The van der Waals surface area contributed by atoms with Crippen LogP contribution in [0.15, 0.2) is 52.6 Å². The van der Waals surface area contributed by atoms with Crippen LogP contribution >= 0.6 is 11.3 Å². The molecule has 4 aromatic rings. The Hall–Kier alpha value is -3.72. The second-order valence-electron chi connectivity index (χ2n) is 7.36. The van der Waals surface area contributed by atoms with Crippen LogP contribution in [0.2, 0.25) is 0 Å². The molecule has 0 fully saturated rings. The van der Waals surface area contributed by atoms with E-state index in [1.807, 2.05) is 30.5 Å². The zero-order valence-electron chi connectivity index (χ0n) is 17.4. The standard InChI is InChI=1S/C23H21N5O3S/c1-2-31-18-10-4-3-7-15(18)22(30)25-20-13-17(19-11-6-12-32-19)27-28(20)23-24-16-9-5-8-14(16)21(29)26-23/h3-4,6-7,10-13H,2,5,8-9H2,1H3,(H,25,30)(H,24,26,29). The lowest BCUT2D eigenvalue weighted by Gasteiger charge is -2.11. The Morgan fingerprint density at radius 2 is 2.12 bits per heavy atom. The van der Waals surface area contributed by atoms with Crippen molar-refractivity contribution in [2.45, 2.75) is 26.2 Å². The summed E-state index contributed by atoms with van der Waals surface area (Å²) in [7, 11) is 0. The number of aromatic nitrogens is 4. The Balaban J connectivity index is 1.57. The van der Waals surface area contributed by atoms with E-state index in [1.165, 1.54) is 16.0 Å². The number of ether oxygens (including phenoxy) is 1. The maximum absolute atomic E-state index is 13.1. The predicted octanol–water partition coefficient (Wildman–Crippen LogP) is 3.82. The monoisotopic (exact) mass is 447 g/mol. The highest BCUT2D eigenvalue weighted by Gasteiger charge is 2.22. The number of H-pyrrole nitrogens is 1. The minimum Gasteiger partial charge on any atom is -0.493 e. The Morgan fingerprint density at radius 3 is 2.94 bits per heavy atom. The molecule has 3 aromatic heterocycles. The maximum Gasteiger partial charge on any atom is 0.260 e. The summed E-state index contributed by atoms with van der Waals surface area (Å²) >= 11 is 1.54. The Labute approximate surface area is 187 Å².